The van der Waals surface area contributed by atoms with Crippen LogP contribution in [0.3, 0.4) is 0 Å². The zero-order valence-corrected chi connectivity index (χ0v) is 32.8. The van der Waals surface area contributed by atoms with E-state index in [1.807, 2.05) is 18.2 Å². The quantitative estimate of drug-likeness (QED) is 0.175. The highest BCUT2D eigenvalue weighted by Gasteiger charge is 2.55. The van der Waals surface area contributed by atoms with Crippen molar-refractivity contribution in [2.24, 2.45) is 5.92 Å². The normalized spacial score (nSPS) is 15.4. The number of rotatable bonds is 5. The van der Waals surface area contributed by atoms with E-state index in [0.717, 1.165) is 62.5 Å². The van der Waals surface area contributed by atoms with Crippen molar-refractivity contribution in [1.29, 1.82) is 0 Å². The van der Waals surface area contributed by atoms with E-state index in [-0.39, 0.29) is 11.3 Å². The average Bonchev–Trinajstić information content (AvgIpc) is 3.62. The molecular weight excluding hydrogens is 729 g/mol. The maximum absolute atomic E-state index is 6.98. The Bertz CT molecular complexity index is 3170. The first kappa shape index (κ1) is 34.4. The molecule has 2 aliphatic carbocycles. The first-order valence-electron chi connectivity index (χ1n) is 20.8. The summed E-state index contributed by atoms with van der Waals surface area (Å²) in [5.74, 6) is 2.74. The van der Waals surface area contributed by atoms with Gasteiger partial charge in [0, 0.05) is 28.2 Å². The highest BCUT2D eigenvalue weighted by atomic mass is 16.5. The van der Waals surface area contributed by atoms with Crippen molar-refractivity contribution in [2.45, 2.75) is 11.8 Å². The molecule has 8 aromatic carbocycles. The predicted molar refractivity (Wildman–Crippen MR) is 244 cm³/mol. The second-order valence-corrected chi connectivity index (χ2v) is 15.9. The number of allylic oxidation sites excluding steroid dienone is 4. The molecule has 1 spiro atoms. The number of benzene rings is 8. The standard InChI is InChI=1S/C57H38N2O/c1-3-17-37(18-4-1)41-32-33-47(43-23-9-8-22-42(41)43)53-36-52(58-56(59-53)38-19-5-2-6-20-38)46-26-10-7-21-40(46)39-31-34-51-55(35-39)60-54-30-16-15-29-50(54)57(51)48-27-13-11-24-44(48)45-25-12-14-28-49(45)57/h1-28,30-36,50H,29H2. The summed E-state index contributed by atoms with van der Waals surface area (Å²) in [5, 5.41) is 2.34. The zero-order chi connectivity index (χ0) is 39.6. The van der Waals surface area contributed by atoms with Gasteiger partial charge in [-0.05, 0) is 79.9 Å². The van der Waals surface area contributed by atoms with Crippen molar-refractivity contribution >= 4 is 10.8 Å². The van der Waals surface area contributed by atoms with Crippen molar-refractivity contribution in [3.63, 3.8) is 0 Å². The maximum Gasteiger partial charge on any atom is 0.160 e. The molecule has 3 nitrogen and oxygen atoms in total. The second kappa shape index (κ2) is 13.8. The fourth-order valence-corrected chi connectivity index (χ4v) is 10.2. The lowest BCUT2D eigenvalue weighted by Crippen LogP contribution is -2.42. The summed E-state index contributed by atoms with van der Waals surface area (Å²) in [6, 6.07) is 69.6. The number of hydrogen-bond donors (Lipinski definition) is 0. The third-order valence-corrected chi connectivity index (χ3v) is 12.8. The average molecular weight is 767 g/mol. The minimum atomic E-state index is -0.375. The number of aromatic nitrogens is 2. The van der Waals surface area contributed by atoms with Gasteiger partial charge in [-0.25, -0.2) is 9.97 Å². The van der Waals surface area contributed by atoms with Gasteiger partial charge in [0.15, 0.2) is 5.82 Å². The van der Waals surface area contributed by atoms with Crippen molar-refractivity contribution < 1.29 is 4.74 Å². The summed E-state index contributed by atoms with van der Waals surface area (Å²) in [7, 11) is 0. The van der Waals surface area contributed by atoms with E-state index in [2.05, 4.69) is 194 Å². The Hall–Kier alpha value is -7.62. The van der Waals surface area contributed by atoms with E-state index >= 15 is 0 Å². The number of fused-ring (bicyclic) bond motifs is 10. The first-order valence-corrected chi connectivity index (χ1v) is 20.8. The summed E-state index contributed by atoms with van der Waals surface area (Å²) in [5.41, 5.74) is 15.5. The lowest BCUT2D eigenvalue weighted by molar-refractivity contribution is 0.253. The number of hydrogen-bond acceptors (Lipinski definition) is 3. The largest absolute Gasteiger partial charge is 0.461 e. The molecule has 0 radical (unpaired) electrons. The fraction of sp³-hybridized carbons (Fsp3) is 0.0526. The van der Waals surface area contributed by atoms with Crippen molar-refractivity contribution in [1.82, 2.24) is 9.97 Å². The van der Waals surface area contributed by atoms with E-state index < -0.39 is 0 Å². The summed E-state index contributed by atoms with van der Waals surface area (Å²) in [6.45, 7) is 0. The molecule has 12 rings (SSSR count). The summed E-state index contributed by atoms with van der Waals surface area (Å²) >= 11 is 0. The highest BCUT2D eigenvalue weighted by molar-refractivity contribution is 6.05. The molecule has 0 saturated carbocycles. The van der Waals surface area contributed by atoms with Gasteiger partial charge in [0.25, 0.3) is 0 Å². The van der Waals surface area contributed by atoms with Crippen LogP contribution in [0.4, 0.5) is 0 Å². The van der Waals surface area contributed by atoms with Crippen LogP contribution in [0, 0.1) is 5.92 Å². The smallest absolute Gasteiger partial charge is 0.160 e. The lowest BCUT2D eigenvalue weighted by Gasteiger charge is -2.46. The van der Waals surface area contributed by atoms with Crippen LogP contribution in [0.1, 0.15) is 23.1 Å². The number of ether oxygens (including phenoxy) is 1. The molecule has 1 atom stereocenters. The fourth-order valence-electron chi connectivity index (χ4n) is 10.2. The van der Waals surface area contributed by atoms with Gasteiger partial charge in [0.1, 0.15) is 11.5 Å². The van der Waals surface area contributed by atoms with Crippen molar-refractivity contribution in [3.8, 4) is 73.0 Å². The molecule has 1 aromatic heterocycles. The molecule has 0 bridgehead atoms. The highest BCUT2D eigenvalue weighted by Crippen LogP contribution is 2.63. The van der Waals surface area contributed by atoms with Crippen LogP contribution in [-0.2, 0) is 5.41 Å². The second-order valence-electron chi connectivity index (χ2n) is 15.9. The molecule has 1 aliphatic heterocycles. The zero-order valence-electron chi connectivity index (χ0n) is 32.8. The van der Waals surface area contributed by atoms with Crippen molar-refractivity contribution in [3.05, 3.63) is 235 Å². The Morgan fingerprint density at radius 1 is 0.433 bits per heavy atom. The van der Waals surface area contributed by atoms with Crippen LogP contribution in [0.15, 0.2) is 218 Å². The molecular formula is C57H38N2O. The molecule has 3 aliphatic rings. The van der Waals surface area contributed by atoms with Crippen LogP contribution in [-0.4, -0.2) is 9.97 Å². The summed E-state index contributed by atoms with van der Waals surface area (Å²) in [4.78, 5) is 10.6. The molecule has 60 heavy (non-hydrogen) atoms. The Morgan fingerprint density at radius 2 is 1.00 bits per heavy atom. The van der Waals surface area contributed by atoms with Gasteiger partial charge in [-0.15, -0.1) is 0 Å². The maximum atomic E-state index is 6.98. The molecule has 3 heteroatoms. The molecule has 0 saturated heterocycles. The topological polar surface area (TPSA) is 35.0 Å². The summed E-state index contributed by atoms with van der Waals surface area (Å²) in [6.07, 6.45) is 7.51. The molecule has 0 amide bonds. The molecule has 282 valence electrons. The molecule has 9 aromatic rings. The van der Waals surface area contributed by atoms with Gasteiger partial charge < -0.3 is 4.74 Å². The Labute approximate surface area is 349 Å². The van der Waals surface area contributed by atoms with E-state index in [0.29, 0.717) is 5.82 Å². The van der Waals surface area contributed by atoms with Gasteiger partial charge in [0.05, 0.1) is 16.8 Å². The van der Waals surface area contributed by atoms with E-state index in [9.17, 15) is 0 Å². The van der Waals surface area contributed by atoms with Crippen LogP contribution in [0.5, 0.6) is 5.75 Å². The Balaban J connectivity index is 1.04. The minimum absolute atomic E-state index is 0.145. The van der Waals surface area contributed by atoms with Crippen LogP contribution in [0.25, 0.3) is 78.1 Å². The van der Waals surface area contributed by atoms with Crippen LogP contribution in [0.2, 0.25) is 0 Å². The molecule has 0 fully saturated rings. The molecule has 1 unspecified atom stereocenters. The first-order chi connectivity index (χ1) is 29.8. The number of nitrogens with zero attached hydrogens (tertiary/aromatic N) is 2. The minimum Gasteiger partial charge on any atom is -0.461 e. The van der Waals surface area contributed by atoms with Crippen LogP contribution >= 0.6 is 0 Å². The summed E-state index contributed by atoms with van der Waals surface area (Å²) < 4.78 is 6.98. The van der Waals surface area contributed by atoms with Gasteiger partial charge in [0.2, 0.25) is 0 Å². The van der Waals surface area contributed by atoms with E-state index in [1.165, 1.54) is 44.3 Å². The van der Waals surface area contributed by atoms with E-state index in [4.69, 9.17) is 14.7 Å². The van der Waals surface area contributed by atoms with Gasteiger partial charge in [-0.2, -0.15) is 0 Å². The predicted octanol–water partition coefficient (Wildman–Crippen LogP) is 14.1. The van der Waals surface area contributed by atoms with Crippen molar-refractivity contribution in [2.75, 3.05) is 0 Å². The third-order valence-electron chi connectivity index (χ3n) is 12.8. The van der Waals surface area contributed by atoms with Crippen LogP contribution < -0.4 is 4.74 Å². The third kappa shape index (κ3) is 5.22. The van der Waals surface area contributed by atoms with E-state index in [1.54, 1.807) is 0 Å². The van der Waals surface area contributed by atoms with Gasteiger partial charge in [-0.1, -0.05) is 194 Å². The SMILES string of the molecule is C1=CCC2C(=C1)Oc1cc(-c3ccccc3-c3cc(-c4ccc(-c5ccccc5)c5ccccc45)nc(-c4ccccc4)n3)ccc1C21c2ccccc2-c2ccccc21. The molecule has 2 heterocycles. The van der Waals surface area contributed by atoms with Gasteiger partial charge >= 0.3 is 0 Å². The van der Waals surface area contributed by atoms with Gasteiger partial charge in [-0.3, -0.25) is 0 Å². The Kier molecular flexibility index (Phi) is 7.89. The monoisotopic (exact) mass is 766 g/mol. The molecule has 0 N–H and O–H groups in total. The Morgan fingerprint density at radius 3 is 1.72 bits per heavy atom. The lowest BCUT2D eigenvalue weighted by atomic mass is 9.60.